The third kappa shape index (κ3) is 4.43. The maximum absolute atomic E-state index is 13.7. The lowest BCUT2D eigenvalue weighted by Gasteiger charge is -2.31. The lowest BCUT2D eigenvalue weighted by Crippen LogP contribution is -2.37. The van der Waals surface area contributed by atoms with Gasteiger partial charge in [-0.25, -0.2) is 4.39 Å². The number of nitro groups is 1. The van der Waals surface area contributed by atoms with Crippen LogP contribution in [-0.4, -0.2) is 28.8 Å². The molecule has 1 N–H and O–H groups in total. The minimum Gasteiger partial charge on any atom is -0.326 e. The molecule has 2 aromatic rings. The smallest absolute Gasteiger partial charge is 0.271 e. The number of non-ortho nitro benzene ring substituents is 1. The Morgan fingerprint density at radius 3 is 2.62 bits per heavy atom. The SMILES string of the molecule is O=C(Nc1cccc([N+](=O)[O-])c1)C1CCN(Cc2ccccc2F)CC1. The summed E-state index contributed by atoms with van der Waals surface area (Å²) in [6.45, 7) is 1.95. The molecule has 0 aliphatic carbocycles. The highest BCUT2D eigenvalue weighted by atomic mass is 19.1. The summed E-state index contributed by atoms with van der Waals surface area (Å²) in [5, 5.41) is 13.6. The molecule has 0 unspecified atom stereocenters. The van der Waals surface area contributed by atoms with E-state index in [-0.39, 0.29) is 23.3 Å². The van der Waals surface area contributed by atoms with Gasteiger partial charge in [-0.2, -0.15) is 0 Å². The van der Waals surface area contributed by atoms with Crippen molar-refractivity contribution in [3.8, 4) is 0 Å². The van der Waals surface area contributed by atoms with Gasteiger partial charge in [0.15, 0.2) is 0 Å². The van der Waals surface area contributed by atoms with E-state index in [1.807, 2.05) is 6.07 Å². The van der Waals surface area contributed by atoms with Crippen molar-refractivity contribution in [1.82, 2.24) is 4.90 Å². The van der Waals surface area contributed by atoms with Gasteiger partial charge in [-0.1, -0.05) is 24.3 Å². The Balaban J connectivity index is 1.53. The Hall–Kier alpha value is -2.80. The summed E-state index contributed by atoms with van der Waals surface area (Å²) in [5.41, 5.74) is 1.03. The molecular formula is C19H20FN3O3. The average Bonchev–Trinajstić information content (AvgIpc) is 2.64. The number of halogens is 1. The van der Waals surface area contributed by atoms with E-state index in [0.717, 1.165) is 0 Å². The van der Waals surface area contributed by atoms with Crippen LogP contribution in [0, 0.1) is 21.8 Å². The number of carbonyl (C=O) groups excluding carboxylic acids is 1. The fraction of sp³-hybridized carbons (Fsp3) is 0.316. The first-order valence-electron chi connectivity index (χ1n) is 8.54. The molecule has 26 heavy (non-hydrogen) atoms. The van der Waals surface area contributed by atoms with Gasteiger partial charge < -0.3 is 5.32 Å². The van der Waals surface area contributed by atoms with Crippen LogP contribution in [0.2, 0.25) is 0 Å². The monoisotopic (exact) mass is 357 g/mol. The Morgan fingerprint density at radius 1 is 1.19 bits per heavy atom. The van der Waals surface area contributed by atoms with Gasteiger partial charge in [0, 0.05) is 35.8 Å². The van der Waals surface area contributed by atoms with Gasteiger partial charge in [0.2, 0.25) is 5.91 Å². The highest BCUT2D eigenvalue weighted by Crippen LogP contribution is 2.23. The summed E-state index contributed by atoms with van der Waals surface area (Å²) in [6.07, 6.45) is 1.35. The lowest BCUT2D eigenvalue weighted by atomic mass is 9.95. The van der Waals surface area contributed by atoms with Crippen LogP contribution in [0.1, 0.15) is 18.4 Å². The highest BCUT2D eigenvalue weighted by molar-refractivity contribution is 5.92. The fourth-order valence-electron chi connectivity index (χ4n) is 3.16. The van der Waals surface area contributed by atoms with Crippen molar-refractivity contribution in [2.75, 3.05) is 18.4 Å². The van der Waals surface area contributed by atoms with Crippen LogP contribution in [0.15, 0.2) is 48.5 Å². The van der Waals surface area contributed by atoms with Gasteiger partial charge in [-0.05, 0) is 38.1 Å². The number of nitrogens with zero attached hydrogens (tertiary/aromatic N) is 2. The van der Waals surface area contributed by atoms with Crippen molar-refractivity contribution in [1.29, 1.82) is 0 Å². The van der Waals surface area contributed by atoms with Gasteiger partial charge >= 0.3 is 0 Å². The second-order valence-corrected chi connectivity index (χ2v) is 6.44. The first-order valence-corrected chi connectivity index (χ1v) is 8.54. The number of rotatable bonds is 5. The molecule has 0 saturated carbocycles. The predicted octanol–water partition coefficient (Wildman–Crippen LogP) is 3.58. The Bertz CT molecular complexity index is 804. The molecule has 7 heteroatoms. The van der Waals surface area contributed by atoms with Gasteiger partial charge in [0.25, 0.3) is 5.69 Å². The highest BCUT2D eigenvalue weighted by Gasteiger charge is 2.25. The van der Waals surface area contributed by atoms with Crippen LogP contribution in [0.5, 0.6) is 0 Å². The molecule has 136 valence electrons. The van der Waals surface area contributed by atoms with E-state index in [2.05, 4.69) is 10.2 Å². The second-order valence-electron chi connectivity index (χ2n) is 6.44. The summed E-state index contributed by atoms with van der Waals surface area (Å²) >= 11 is 0. The van der Waals surface area contributed by atoms with Crippen molar-refractivity contribution in [2.24, 2.45) is 5.92 Å². The number of nitrogens with one attached hydrogen (secondary N) is 1. The summed E-state index contributed by atoms with van der Waals surface area (Å²) in [4.78, 5) is 24.9. The van der Waals surface area contributed by atoms with Gasteiger partial charge in [-0.15, -0.1) is 0 Å². The number of carbonyl (C=O) groups is 1. The van der Waals surface area contributed by atoms with Gasteiger partial charge in [0.05, 0.1) is 4.92 Å². The molecule has 1 fully saturated rings. The molecule has 1 aliphatic rings. The van der Waals surface area contributed by atoms with E-state index in [1.165, 1.54) is 18.2 Å². The number of likely N-dealkylation sites (tertiary alicyclic amines) is 1. The zero-order chi connectivity index (χ0) is 18.5. The van der Waals surface area contributed by atoms with Gasteiger partial charge in [0.1, 0.15) is 5.82 Å². The standard InChI is InChI=1S/C19H20FN3O3/c20-18-7-2-1-4-15(18)13-22-10-8-14(9-11-22)19(24)21-16-5-3-6-17(12-16)23(25)26/h1-7,12,14H,8-11,13H2,(H,21,24). The van der Waals surface area contributed by atoms with Crippen molar-refractivity contribution in [2.45, 2.75) is 19.4 Å². The Labute approximate surface area is 150 Å². The number of amides is 1. The van der Waals surface area contributed by atoms with Crippen LogP contribution < -0.4 is 5.32 Å². The number of hydrogen-bond acceptors (Lipinski definition) is 4. The van der Waals surface area contributed by atoms with Crippen LogP contribution >= 0.6 is 0 Å². The summed E-state index contributed by atoms with van der Waals surface area (Å²) in [5.74, 6) is -0.486. The Morgan fingerprint density at radius 2 is 1.92 bits per heavy atom. The molecule has 0 atom stereocenters. The predicted molar refractivity (Wildman–Crippen MR) is 96.1 cm³/mol. The molecule has 1 saturated heterocycles. The van der Waals surface area contributed by atoms with Crippen molar-refractivity contribution >= 4 is 17.3 Å². The van der Waals surface area contributed by atoms with Crippen LogP contribution in [0.25, 0.3) is 0 Å². The first kappa shape index (κ1) is 18.0. The molecule has 0 bridgehead atoms. The third-order valence-corrected chi connectivity index (χ3v) is 4.63. The summed E-state index contributed by atoms with van der Waals surface area (Å²) in [6, 6.07) is 12.6. The van der Waals surface area contributed by atoms with Crippen LogP contribution in [0.4, 0.5) is 15.8 Å². The van der Waals surface area contributed by atoms with Crippen LogP contribution in [0.3, 0.4) is 0 Å². The van der Waals surface area contributed by atoms with E-state index >= 15 is 0 Å². The zero-order valence-electron chi connectivity index (χ0n) is 14.2. The maximum atomic E-state index is 13.7. The summed E-state index contributed by atoms with van der Waals surface area (Å²) < 4.78 is 13.7. The fourth-order valence-corrected chi connectivity index (χ4v) is 3.16. The number of hydrogen-bond donors (Lipinski definition) is 1. The molecule has 0 aromatic heterocycles. The lowest BCUT2D eigenvalue weighted by molar-refractivity contribution is -0.384. The van der Waals surface area contributed by atoms with E-state index < -0.39 is 4.92 Å². The summed E-state index contributed by atoms with van der Waals surface area (Å²) in [7, 11) is 0. The van der Waals surface area contributed by atoms with Crippen LogP contribution in [-0.2, 0) is 11.3 Å². The van der Waals surface area contributed by atoms with Crippen molar-refractivity contribution in [3.05, 3.63) is 70.0 Å². The average molecular weight is 357 g/mol. The number of nitro benzene ring substituents is 1. The van der Waals surface area contributed by atoms with Gasteiger partial charge in [-0.3, -0.25) is 19.8 Å². The largest absolute Gasteiger partial charge is 0.326 e. The second kappa shape index (κ2) is 8.05. The zero-order valence-corrected chi connectivity index (χ0v) is 14.2. The minimum atomic E-state index is -0.489. The number of benzene rings is 2. The molecule has 1 heterocycles. The topological polar surface area (TPSA) is 75.5 Å². The normalized spacial score (nSPS) is 15.6. The van der Waals surface area contributed by atoms with E-state index in [0.29, 0.717) is 43.7 Å². The third-order valence-electron chi connectivity index (χ3n) is 4.63. The van der Waals surface area contributed by atoms with E-state index in [1.54, 1.807) is 24.3 Å². The molecule has 0 spiro atoms. The molecule has 2 aromatic carbocycles. The first-order chi connectivity index (χ1) is 12.5. The molecular weight excluding hydrogens is 337 g/mol. The minimum absolute atomic E-state index is 0.0532. The molecule has 1 amide bonds. The van der Waals surface area contributed by atoms with E-state index in [4.69, 9.17) is 0 Å². The maximum Gasteiger partial charge on any atom is 0.271 e. The number of piperidine rings is 1. The Kier molecular flexibility index (Phi) is 5.58. The molecule has 0 radical (unpaired) electrons. The van der Waals surface area contributed by atoms with Crippen molar-refractivity contribution in [3.63, 3.8) is 0 Å². The number of anilines is 1. The quantitative estimate of drug-likeness (QED) is 0.655. The molecule has 3 rings (SSSR count). The molecule has 1 aliphatic heterocycles. The van der Waals surface area contributed by atoms with Crippen molar-refractivity contribution < 1.29 is 14.1 Å². The van der Waals surface area contributed by atoms with E-state index in [9.17, 15) is 19.3 Å². The molecule has 6 nitrogen and oxygen atoms in total.